The van der Waals surface area contributed by atoms with Crippen molar-refractivity contribution in [3.63, 3.8) is 0 Å². The number of nitrogens with zero attached hydrogens (tertiary/aromatic N) is 2. The monoisotopic (exact) mass is 309 g/mol. The number of nitrogens with one attached hydrogen (secondary N) is 1. The molecule has 1 aliphatic carbocycles. The first kappa shape index (κ1) is 15.4. The molecule has 1 aromatic rings. The molecule has 0 aromatic carbocycles. The van der Waals surface area contributed by atoms with Gasteiger partial charge in [-0.05, 0) is 39.5 Å². The average Bonchev–Trinajstić information content (AvgIpc) is 3.12. The first-order valence-electron chi connectivity index (χ1n) is 8.12. The maximum atomic E-state index is 5.22. The van der Waals surface area contributed by atoms with E-state index in [0.717, 1.165) is 32.7 Å². The van der Waals surface area contributed by atoms with Crippen molar-refractivity contribution in [3.8, 4) is 0 Å². The maximum Gasteiger partial charge on any atom is 0.115 e. The van der Waals surface area contributed by atoms with E-state index < -0.39 is 0 Å². The van der Waals surface area contributed by atoms with Crippen LogP contribution in [0, 0.1) is 0 Å². The fourth-order valence-electron chi connectivity index (χ4n) is 3.46. The third kappa shape index (κ3) is 3.02. The molecule has 1 aromatic heterocycles. The van der Waals surface area contributed by atoms with E-state index in [1.165, 1.54) is 34.8 Å². The van der Waals surface area contributed by atoms with Gasteiger partial charge >= 0.3 is 0 Å². The van der Waals surface area contributed by atoms with Gasteiger partial charge in [0, 0.05) is 37.7 Å². The molecule has 1 fully saturated rings. The molecule has 0 spiro atoms. The van der Waals surface area contributed by atoms with Crippen LogP contribution in [0.1, 0.15) is 42.3 Å². The third-order valence-electron chi connectivity index (χ3n) is 4.80. The van der Waals surface area contributed by atoms with Gasteiger partial charge in [-0.15, -0.1) is 11.3 Å². The molecule has 21 heavy (non-hydrogen) atoms. The van der Waals surface area contributed by atoms with E-state index in [1.807, 2.05) is 11.3 Å². The summed E-state index contributed by atoms with van der Waals surface area (Å²) in [5.41, 5.74) is 1.41. The van der Waals surface area contributed by atoms with Crippen molar-refractivity contribution >= 4 is 11.3 Å². The Hall–Kier alpha value is -0.490. The van der Waals surface area contributed by atoms with Crippen molar-refractivity contribution in [2.45, 2.75) is 51.1 Å². The van der Waals surface area contributed by atoms with E-state index in [2.05, 4.69) is 24.1 Å². The summed E-state index contributed by atoms with van der Waals surface area (Å²) in [7, 11) is 1.77. The number of likely N-dealkylation sites (tertiary alicyclic amines) is 1. The zero-order valence-electron chi connectivity index (χ0n) is 13.4. The van der Waals surface area contributed by atoms with Crippen LogP contribution in [0.5, 0.6) is 0 Å². The molecular formula is C16H27N3OS. The summed E-state index contributed by atoms with van der Waals surface area (Å²) >= 11 is 1.95. The molecule has 1 atom stereocenters. The highest BCUT2D eigenvalue weighted by Crippen LogP contribution is 2.38. The van der Waals surface area contributed by atoms with Crippen LogP contribution in [0.3, 0.4) is 0 Å². The second-order valence-electron chi connectivity index (χ2n) is 6.56. The zero-order valence-corrected chi connectivity index (χ0v) is 14.3. The summed E-state index contributed by atoms with van der Waals surface area (Å²) in [6.45, 7) is 8.45. The van der Waals surface area contributed by atoms with Crippen molar-refractivity contribution in [1.82, 2.24) is 15.2 Å². The summed E-state index contributed by atoms with van der Waals surface area (Å²) in [5, 5.41) is 5.08. The van der Waals surface area contributed by atoms with Gasteiger partial charge in [0.05, 0.1) is 17.8 Å². The number of fused-ring (bicyclic) bond motifs is 1. The van der Waals surface area contributed by atoms with E-state index in [9.17, 15) is 0 Å². The third-order valence-corrected chi connectivity index (χ3v) is 6.17. The highest BCUT2D eigenvalue weighted by molar-refractivity contribution is 7.12. The second-order valence-corrected chi connectivity index (χ2v) is 7.64. The van der Waals surface area contributed by atoms with Gasteiger partial charge < -0.3 is 10.1 Å². The standard InChI is InChI=1S/C16H27N3OS/c1-12(2)19-9-7-16(11-19,17-8-10-20-3)15-18-13-5-4-6-14(13)21-15/h12,17H,4-11H2,1-3H3. The van der Waals surface area contributed by atoms with Crippen LogP contribution >= 0.6 is 11.3 Å². The molecule has 0 bridgehead atoms. The summed E-state index contributed by atoms with van der Waals surface area (Å²) in [6.07, 6.45) is 4.85. The maximum absolute atomic E-state index is 5.22. The quantitative estimate of drug-likeness (QED) is 0.817. The van der Waals surface area contributed by atoms with Gasteiger partial charge in [-0.25, -0.2) is 4.98 Å². The zero-order chi connectivity index (χ0) is 14.9. The Bertz CT molecular complexity index is 466. The Morgan fingerprint density at radius 3 is 2.95 bits per heavy atom. The number of ether oxygens (including phenoxy) is 1. The van der Waals surface area contributed by atoms with E-state index in [-0.39, 0.29) is 5.54 Å². The molecule has 4 nitrogen and oxygen atoms in total. The first-order valence-corrected chi connectivity index (χ1v) is 8.93. The Kier molecular flexibility index (Phi) is 4.64. The summed E-state index contributed by atoms with van der Waals surface area (Å²) in [6, 6.07) is 0.600. The van der Waals surface area contributed by atoms with E-state index in [1.54, 1.807) is 7.11 Å². The smallest absolute Gasteiger partial charge is 0.115 e. The first-order chi connectivity index (χ1) is 10.1. The predicted molar refractivity (Wildman–Crippen MR) is 87.0 cm³/mol. The molecule has 2 heterocycles. The minimum absolute atomic E-state index is 0.0395. The number of thiazole rings is 1. The largest absolute Gasteiger partial charge is 0.383 e. The fraction of sp³-hybridized carbons (Fsp3) is 0.812. The van der Waals surface area contributed by atoms with Gasteiger partial charge in [0.1, 0.15) is 5.01 Å². The van der Waals surface area contributed by atoms with Crippen molar-refractivity contribution in [1.29, 1.82) is 0 Å². The Morgan fingerprint density at radius 2 is 2.29 bits per heavy atom. The number of rotatable bonds is 6. The van der Waals surface area contributed by atoms with Crippen LogP contribution in [0.2, 0.25) is 0 Å². The Labute approximate surface area is 131 Å². The topological polar surface area (TPSA) is 37.4 Å². The van der Waals surface area contributed by atoms with E-state index in [0.29, 0.717) is 6.04 Å². The molecule has 1 aliphatic heterocycles. The molecule has 0 saturated carbocycles. The Morgan fingerprint density at radius 1 is 1.43 bits per heavy atom. The van der Waals surface area contributed by atoms with Gasteiger partial charge in [-0.1, -0.05) is 0 Å². The van der Waals surface area contributed by atoms with Crippen LogP contribution in [-0.4, -0.2) is 49.3 Å². The summed E-state index contributed by atoms with van der Waals surface area (Å²) < 4.78 is 5.22. The van der Waals surface area contributed by atoms with Crippen LogP contribution < -0.4 is 5.32 Å². The van der Waals surface area contributed by atoms with Crippen LogP contribution in [0.4, 0.5) is 0 Å². The molecule has 5 heteroatoms. The summed E-state index contributed by atoms with van der Waals surface area (Å²) in [5.74, 6) is 0. The summed E-state index contributed by atoms with van der Waals surface area (Å²) in [4.78, 5) is 9.10. The molecule has 1 unspecified atom stereocenters. The molecule has 118 valence electrons. The van der Waals surface area contributed by atoms with E-state index >= 15 is 0 Å². The molecule has 0 amide bonds. The highest BCUT2D eigenvalue weighted by Gasteiger charge is 2.43. The van der Waals surface area contributed by atoms with Crippen molar-refractivity contribution < 1.29 is 4.74 Å². The molecular weight excluding hydrogens is 282 g/mol. The van der Waals surface area contributed by atoms with Gasteiger partial charge in [0.25, 0.3) is 0 Å². The van der Waals surface area contributed by atoms with Crippen molar-refractivity contribution in [2.24, 2.45) is 0 Å². The van der Waals surface area contributed by atoms with Crippen molar-refractivity contribution in [2.75, 3.05) is 33.4 Å². The number of aromatic nitrogens is 1. The van der Waals surface area contributed by atoms with Gasteiger partial charge in [0.2, 0.25) is 0 Å². The SMILES string of the molecule is COCCNC1(c2nc3c(s2)CCC3)CCN(C(C)C)C1. The molecule has 1 N–H and O–H groups in total. The van der Waals surface area contributed by atoms with Crippen LogP contribution in [0.15, 0.2) is 0 Å². The lowest BCUT2D eigenvalue weighted by Crippen LogP contribution is -2.46. The van der Waals surface area contributed by atoms with Gasteiger partial charge in [-0.2, -0.15) is 0 Å². The molecule has 2 aliphatic rings. The lowest BCUT2D eigenvalue weighted by atomic mass is 9.99. The van der Waals surface area contributed by atoms with Crippen molar-refractivity contribution in [3.05, 3.63) is 15.6 Å². The lowest BCUT2D eigenvalue weighted by Gasteiger charge is -2.30. The lowest BCUT2D eigenvalue weighted by molar-refractivity contribution is 0.179. The molecule has 0 radical (unpaired) electrons. The minimum atomic E-state index is 0.0395. The predicted octanol–water partition coefficient (Wildman–Crippen LogP) is 2.18. The van der Waals surface area contributed by atoms with Crippen LogP contribution in [-0.2, 0) is 23.1 Å². The number of hydrogen-bond donors (Lipinski definition) is 1. The van der Waals surface area contributed by atoms with E-state index in [4.69, 9.17) is 9.72 Å². The average molecular weight is 309 g/mol. The molecule has 3 rings (SSSR count). The minimum Gasteiger partial charge on any atom is -0.383 e. The molecule has 1 saturated heterocycles. The van der Waals surface area contributed by atoms with Gasteiger partial charge in [-0.3, -0.25) is 4.90 Å². The number of aryl methyl sites for hydroxylation is 2. The Balaban J connectivity index is 1.81. The fourth-order valence-corrected chi connectivity index (χ4v) is 4.80. The highest BCUT2D eigenvalue weighted by atomic mass is 32.1. The number of methoxy groups -OCH3 is 1. The normalized spacial score (nSPS) is 25.9. The number of hydrogen-bond acceptors (Lipinski definition) is 5. The second kappa shape index (κ2) is 6.32. The van der Waals surface area contributed by atoms with Crippen LogP contribution in [0.25, 0.3) is 0 Å². The van der Waals surface area contributed by atoms with Gasteiger partial charge in [0.15, 0.2) is 0 Å².